The zero-order valence-corrected chi connectivity index (χ0v) is 29.7. The second-order valence-electron chi connectivity index (χ2n) is 13.1. The molecular weight excluding hydrogens is 652 g/mol. The Balaban J connectivity index is 1.19. The van der Waals surface area contributed by atoms with Gasteiger partial charge < -0.3 is 32.7 Å². The van der Waals surface area contributed by atoms with Crippen LogP contribution in [-0.4, -0.2) is 60.9 Å². The first-order valence-electron chi connectivity index (χ1n) is 18.1. The maximum atomic E-state index is 13.2. The molecule has 0 aliphatic carbocycles. The third kappa shape index (κ3) is 14.1. The first-order chi connectivity index (χ1) is 25.3. The van der Waals surface area contributed by atoms with Gasteiger partial charge in [0.15, 0.2) is 0 Å². The largest absolute Gasteiger partial charge is 0.354 e. The molecule has 0 unspecified atom stereocenters. The van der Waals surface area contributed by atoms with Gasteiger partial charge in [-0.2, -0.15) is 0 Å². The van der Waals surface area contributed by atoms with Crippen molar-refractivity contribution in [3.05, 3.63) is 144 Å². The lowest BCUT2D eigenvalue weighted by molar-refractivity contribution is -0.129. The average molecular weight is 705 g/mol. The fourth-order valence-corrected chi connectivity index (χ4v) is 5.87. The third-order valence-electron chi connectivity index (χ3n) is 8.80. The zero-order chi connectivity index (χ0) is 37.0. The number of nitrogens with one attached hydrogen (secondary N) is 4. The second-order valence-corrected chi connectivity index (χ2v) is 13.1. The number of nitrogens with two attached hydrogens (primary N) is 2. The van der Waals surface area contributed by atoms with E-state index in [1.54, 1.807) is 0 Å². The highest BCUT2D eigenvalue weighted by Gasteiger charge is 2.25. The van der Waals surface area contributed by atoms with E-state index in [-0.39, 0.29) is 23.6 Å². The quantitative estimate of drug-likeness (QED) is 0.0728. The molecule has 8 N–H and O–H groups in total. The van der Waals surface area contributed by atoms with E-state index in [0.717, 1.165) is 47.9 Å². The molecule has 0 aliphatic rings. The molecule has 0 heterocycles. The molecule has 4 aromatic rings. The monoisotopic (exact) mass is 704 g/mol. The normalized spacial score (nSPS) is 13.2. The highest BCUT2D eigenvalue weighted by molar-refractivity contribution is 5.90. The minimum absolute atomic E-state index is 0.258. The third-order valence-corrected chi connectivity index (χ3v) is 8.80. The molecule has 0 spiro atoms. The minimum atomic E-state index is -0.781. The Kier molecular flexibility index (Phi) is 16.5. The van der Waals surface area contributed by atoms with Crippen LogP contribution in [0.5, 0.6) is 0 Å². The summed E-state index contributed by atoms with van der Waals surface area (Å²) in [6.45, 7) is 0.910. The van der Waals surface area contributed by atoms with Gasteiger partial charge in [-0.1, -0.05) is 134 Å². The highest BCUT2D eigenvalue weighted by atomic mass is 16.2. The first-order valence-corrected chi connectivity index (χ1v) is 18.1. The summed E-state index contributed by atoms with van der Waals surface area (Å²) in [6.07, 6.45) is 4.60. The molecule has 0 bridgehead atoms. The molecule has 4 aromatic carbocycles. The fraction of sp³-hybridized carbons (Fsp3) is 0.333. The lowest BCUT2D eigenvalue weighted by Gasteiger charge is -2.21. The molecule has 0 radical (unpaired) electrons. The minimum Gasteiger partial charge on any atom is -0.354 e. The van der Waals surface area contributed by atoms with Crippen molar-refractivity contribution in [1.29, 1.82) is 0 Å². The number of carbonyl (C=O) groups is 4. The Hall–Kier alpha value is -5.32. The number of carbonyl (C=O) groups excluding carboxylic acids is 4. The maximum absolute atomic E-state index is 13.2. The van der Waals surface area contributed by atoms with E-state index in [4.69, 9.17) is 11.5 Å². The Bertz CT molecular complexity index is 1530. The van der Waals surface area contributed by atoms with Crippen LogP contribution in [0, 0.1) is 0 Å². The van der Waals surface area contributed by atoms with Crippen LogP contribution in [0.1, 0.15) is 47.9 Å². The molecule has 274 valence electrons. The molecule has 0 saturated heterocycles. The summed E-state index contributed by atoms with van der Waals surface area (Å²) in [5.74, 6) is -1.26. The molecule has 4 atom stereocenters. The molecule has 0 aromatic heterocycles. The summed E-state index contributed by atoms with van der Waals surface area (Å²) < 4.78 is 0. The average Bonchev–Trinajstić information content (AvgIpc) is 3.16. The van der Waals surface area contributed by atoms with Crippen molar-refractivity contribution in [2.45, 2.75) is 75.5 Å². The van der Waals surface area contributed by atoms with Gasteiger partial charge in [-0.15, -0.1) is 0 Å². The van der Waals surface area contributed by atoms with Crippen molar-refractivity contribution in [2.24, 2.45) is 11.5 Å². The van der Waals surface area contributed by atoms with Crippen LogP contribution in [0.25, 0.3) is 0 Å². The lowest BCUT2D eigenvalue weighted by atomic mass is 10.0. The van der Waals surface area contributed by atoms with Crippen molar-refractivity contribution in [3.63, 3.8) is 0 Å². The Morgan fingerprint density at radius 3 is 1.00 bits per heavy atom. The van der Waals surface area contributed by atoms with Crippen molar-refractivity contribution >= 4 is 23.6 Å². The second kappa shape index (κ2) is 21.8. The molecule has 0 fully saturated rings. The van der Waals surface area contributed by atoms with Crippen LogP contribution in [-0.2, 0) is 44.9 Å². The summed E-state index contributed by atoms with van der Waals surface area (Å²) in [4.78, 5) is 52.4. The van der Waals surface area contributed by atoms with Crippen LogP contribution in [0.4, 0.5) is 0 Å². The summed E-state index contributed by atoms with van der Waals surface area (Å²) in [5, 5.41) is 11.7. The van der Waals surface area contributed by atoms with Gasteiger partial charge in [-0.05, 0) is 47.9 Å². The molecule has 0 saturated carbocycles. The summed E-state index contributed by atoms with van der Waals surface area (Å²) in [5.41, 5.74) is 16.2. The zero-order valence-electron chi connectivity index (χ0n) is 29.7. The Morgan fingerprint density at radius 2 is 0.692 bits per heavy atom. The van der Waals surface area contributed by atoms with E-state index >= 15 is 0 Å². The van der Waals surface area contributed by atoms with Gasteiger partial charge in [0.1, 0.15) is 12.1 Å². The van der Waals surface area contributed by atoms with Gasteiger partial charge in [0.05, 0.1) is 12.1 Å². The predicted octanol–water partition coefficient (Wildman–Crippen LogP) is 3.37. The molecule has 10 heteroatoms. The number of hydrogen-bond donors (Lipinski definition) is 6. The number of benzene rings is 4. The molecular formula is C42H52N6O4. The van der Waals surface area contributed by atoms with Crippen molar-refractivity contribution in [2.75, 3.05) is 13.1 Å². The summed E-state index contributed by atoms with van der Waals surface area (Å²) in [7, 11) is 0. The number of amides is 4. The maximum Gasteiger partial charge on any atom is 0.242 e. The molecule has 4 amide bonds. The number of unbranched alkanes of at least 4 members (excludes halogenated alkanes) is 3. The smallest absolute Gasteiger partial charge is 0.242 e. The van der Waals surface area contributed by atoms with Gasteiger partial charge >= 0.3 is 0 Å². The van der Waals surface area contributed by atoms with Gasteiger partial charge in [-0.25, -0.2) is 0 Å². The topological polar surface area (TPSA) is 168 Å². The van der Waals surface area contributed by atoms with E-state index < -0.39 is 24.2 Å². The van der Waals surface area contributed by atoms with Crippen molar-refractivity contribution in [1.82, 2.24) is 21.3 Å². The fourth-order valence-electron chi connectivity index (χ4n) is 5.87. The highest BCUT2D eigenvalue weighted by Crippen LogP contribution is 2.09. The molecule has 0 aliphatic heterocycles. The van der Waals surface area contributed by atoms with Crippen LogP contribution in [0.2, 0.25) is 0 Å². The SMILES string of the molecule is N[C@H](Cc1ccccc1)C(=O)N[C@H](Cc1ccccc1)C(=O)NCCCCCCNC(=O)[C@@H](Cc1ccccc1)NC(=O)[C@H](N)Cc1ccccc1. The predicted molar refractivity (Wildman–Crippen MR) is 205 cm³/mol. The van der Waals surface area contributed by atoms with Gasteiger partial charge in [0.2, 0.25) is 23.6 Å². The van der Waals surface area contributed by atoms with Crippen LogP contribution >= 0.6 is 0 Å². The van der Waals surface area contributed by atoms with Crippen LogP contribution in [0.3, 0.4) is 0 Å². The van der Waals surface area contributed by atoms with Crippen molar-refractivity contribution < 1.29 is 19.2 Å². The van der Waals surface area contributed by atoms with E-state index in [0.29, 0.717) is 38.8 Å². The number of rotatable bonds is 21. The number of hydrogen-bond acceptors (Lipinski definition) is 6. The van der Waals surface area contributed by atoms with Gasteiger partial charge in [-0.3, -0.25) is 19.2 Å². The summed E-state index contributed by atoms with van der Waals surface area (Å²) >= 11 is 0. The van der Waals surface area contributed by atoms with Crippen molar-refractivity contribution in [3.8, 4) is 0 Å². The van der Waals surface area contributed by atoms with Crippen LogP contribution < -0.4 is 32.7 Å². The first kappa shape index (κ1) is 39.5. The van der Waals surface area contributed by atoms with E-state index in [1.165, 1.54) is 0 Å². The molecule has 52 heavy (non-hydrogen) atoms. The molecule has 4 rings (SSSR count). The van der Waals surface area contributed by atoms with E-state index in [9.17, 15) is 19.2 Å². The summed E-state index contributed by atoms with van der Waals surface area (Å²) in [6, 6.07) is 35.1. The molecule has 10 nitrogen and oxygen atoms in total. The van der Waals surface area contributed by atoms with E-state index in [1.807, 2.05) is 121 Å². The Morgan fingerprint density at radius 1 is 0.404 bits per heavy atom. The van der Waals surface area contributed by atoms with Gasteiger partial charge in [0, 0.05) is 25.9 Å². The Labute approximate surface area is 307 Å². The lowest BCUT2D eigenvalue weighted by Crippen LogP contribution is -2.53. The van der Waals surface area contributed by atoms with E-state index in [2.05, 4.69) is 21.3 Å². The standard InChI is InChI=1S/C42H52N6O4/c43-35(27-31-17-7-3-8-18-31)39(49)47-37(29-33-21-11-5-12-22-33)41(51)45-25-15-1-2-16-26-46-42(52)38(30-34-23-13-6-14-24-34)48-40(50)36(44)28-32-19-9-4-10-20-32/h3-14,17-24,35-38H,1-2,15-16,25-30,43-44H2,(H,45,51)(H,46,52)(H,47,49)(H,48,50)/t35-,36-,37-,38-/m1/s1. The van der Waals surface area contributed by atoms with Gasteiger partial charge in [0.25, 0.3) is 0 Å². The van der Waals surface area contributed by atoms with Crippen LogP contribution in [0.15, 0.2) is 121 Å².